The molecule has 2 N–H and O–H groups in total. The molecule has 10 heteroatoms. The van der Waals surface area contributed by atoms with Crippen molar-refractivity contribution < 1.29 is 28.8 Å². The third-order valence-corrected chi connectivity index (χ3v) is 4.19. The van der Waals surface area contributed by atoms with Gasteiger partial charge in [0.2, 0.25) is 0 Å². The van der Waals surface area contributed by atoms with Crippen LogP contribution in [0, 0.1) is 10.1 Å². The molecule has 2 amide bonds. The first-order chi connectivity index (χ1) is 14.9. The number of ether oxygens (including phenoxy) is 2. The van der Waals surface area contributed by atoms with Crippen molar-refractivity contribution in [3.8, 4) is 0 Å². The molecule has 0 saturated heterocycles. The van der Waals surface area contributed by atoms with Crippen molar-refractivity contribution in [2.24, 2.45) is 0 Å². The number of methoxy groups -OCH3 is 1. The van der Waals surface area contributed by atoms with Gasteiger partial charge in [-0.25, -0.2) is 4.79 Å². The monoisotopic (exact) mass is 429 g/mol. The highest BCUT2D eigenvalue weighted by atomic mass is 16.6. The molecule has 10 nitrogen and oxygen atoms in total. The molecule has 0 heterocycles. The lowest BCUT2D eigenvalue weighted by molar-refractivity contribution is -0.384. The molecule has 2 aromatic carbocycles. The third kappa shape index (κ3) is 6.61. The number of amides is 2. The topological polar surface area (TPSA) is 137 Å². The van der Waals surface area contributed by atoms with E-state index in [2.05, 4.69) is 15.4 Å². The highest BCUT2D eigenvalue weighted by Gasteiger charge is 2.20. The fourth-order valence-corrected chi connectivity index (χ4v) is 2.68. The summed E-state index contributed by atoms with van der Waals surface area (Å²) in [6.45, 7) is 3.39. The van der Waals surface area contributed by atoms with Gasteiger partial charge in [-0.15, -0.1) is 0 Å². The van der Waals surface area contributed by atoms with E-state index in [0.29, 0.717) is 26.2 Å². The lowest BCUT2D eigenvalue weighted by Gasteiger charge is -2.12. The summed E-state index contributed by atoms with van der Waals surface area (Å²) in [7, 11) is 1.13. The average molecular weight is 429 g/mol. The van der Waals surface area contributed by atoms with Gasteiger partial charge in [0, 0.05) is 37.5 Å². The summed E-state index contributed by atoms with van der Waals surface area (Å²) < 4.78 is 9.80. The van der Waals surface area contributed by atoms with Crippen LogP contribution in [0.1, 0.15) is 44.4 Å². The van der Waals surface area contributed by atoms with Crippen LogP contribution in [0.5, 0.6) is 0 Å². The Labute approximate surface area is 178 Å². The summed E-state index contributed by atoms with van der Waals surface area (Å²) in [4.78, 5) is 47.5. The van der Waals surface area contributed by atoms with E-state index < -0.39 is 22.5 Å². The molecule has 0 fully saturated rings. The van der Waals surface area contributed by atoms with Gasteiger partial charge >= 0.3 is 5.97 Å². The van der Waals surface area contributed by atoms with E-state index >= 15 is 0 Å². The van der Waals surface area contributed by atoms with E-state index in [9.17, 15) is 24.5 Å². The van der Waals surface area contributed by atoms with Crippen molar-refractivity contribution in [2.75, 3.05) is 32.2 Å². The molecule has 0 aliphatic heterocycles. The van der Waals surface area contributed by atoms with Crippen molar-refractivity contribution in [2.45, 2.75) is 13.3 Å². The molecule has 2 aromatic rings. The molecule has 0 saturated carbocycles. The van der Waals surface area contributed by atoms with E-state index in [-0.39, 0.29) is 28.3 Å². The average Bonchev–Trinajstić information content (AvgIpc) is 2.78. The van der Waals surface area contributed by atoms with Gasteiger partial charge < -0.3 is 20.1 Å². The Kier molecular flexibility index (Phi) is 8.64. The minimum Gasteiger partial charge on any atom is -0.465 e. The van der Waals surface area contributed by atoms with Crippen LogP contribution in [0.3, 0.4) is 0 Å². The Balaban J connectivity index is 2.21. The third-order valence-electron chi connectivity index (χ3n) is 4.19. The molecule has 0 aromatic heterocycles. The fraction of sp³-hybridized carbons (Fsp3) is 0.286. The molecule has 0 aliphatic carbocycles. The van der Waals surface area contributed by atoms with Crippen LogP contribution in [-0.2, 0) is 9.47 Å². The fourth-order valence-electron chi connectivity index (χ4n) is 2.68. The number of nitro groups is 1. The van der Waals surface area contributed by atoms with Crippen LogP contribution in [0.25, 0.3) is 0 Å². The molecule has 0 atom stereocenters. The number of carbonyl (C=O) groups is 3. The first-order valence-corrected chi connectivity index (χ1v) is 9.51. The van der Waals surface area contributed by atoms with Gasteiger partial charge in [0.15, 0.2) is 0 Å². The largest absolute Gasteiger partial charge is 0.465 e. The Bertz CT molecular complexity index is 975. The van der Waals surface area contributed by atoms with Gasteiger partial charge in [-0.3, -0.25) is 19.7 Å². The second-order valence-corrected chi connectivity index (χ2v) is 6.32. The quantitative estimate of drug-likeness (QED) is 0.256. The molecule has 2 rings (SSSR count). The summed E-state index contributed by atoms with van der Waals surface area (Å²) in [6.07, 6.45) is 0.637. The Morgan fingerprint density at radius 3 is 2.45 bits per heavy atom. The van der Waals surface area contributed by atoms with Crippen LogP contribution in [0.2, 0.25) is 0 Å². The lowest BCUT2D eigenvalue weighted by Crippen LogP contribution is -2.27. The number of benzene rings is 2. The number of anilines is 1. The predicted molar refractivity (Wildman–Crippen MR) is 112 cm³/mol. The second kappa shape index (κ2) is 11.4. The number of nitro benzene ring substituents is 1. The molecule has 164 valence electrons. The first kappa shape index (κ1) is 23.5. The normalized spacial score (nSPS) is 10.3. The summed E-state index contributed by atoms with van der Waals surface area (Å²) in [5.41, 5.74) is -0.246. The summed E-state index contributed by atoms with van der Waals surface area (Å²) in [6, 6.07) is 9.60. The van der Waals surface area contributed by atoms with E-state index in [4.69, 9.17) is 4.74 Å². The highest BCUT2D eigenvalue weighted by molar-refractivity contribution is 6.10. The number of nitrogens with one attached hydrogen (secondary N) is 2. The predicted octanol–water partition coefficient (Wildman–Crippen LogP) is 2.79. The second-order valence-electron chi connectivity index (χ2n) is 6.32. The van der Waals surface area contributed by atoms with Crippen molar-refractivity contribution >= 4 is 29.2 Å². The van der Waals surface area contributed by atoms with Gasteiger partial charge in [-0.2, -0.15) is 0 Å². The molecular formula is C21H23N3O7. The van der Waals surface area contributed by atoms with Crippen LogP contribution < -0.4 is 10.6 Å². The van der Waals surface area contributed by atoms with Crippen LogP contribution in [0.15, 0.2) is 42.5 Å². The number of hydrogen-bond acceptors (Lipinski definition) is 7. The SMILES string of the molecule is CCOCCCNC(=O)c1ccccc1NC(=O)c1cc(C(=O)OC)cc([N+](=O)[O-])c1. The molecule has 31 heavy (non-hydrogen) atoms. The van der Waals surface area contributed by atoms with E-state index in [1.807, 2.05) is 6.92 Å². The van der Waals surface area contributed by atoms with E-state index in [1.165, 1.54) is 12.1 Å². The minimum absolute atomic E-state index is 0.124. The number of non-ortho nitro benzene ring substituents is 1. The van der Waals surface area contributed by atoms with Crippen molar-refractivity contribution in [3.63, 3.8) is 0 Å². The number of para-hydroxylation sites is 1. The van der Waals surface area contributed by atoms with Crippen molar-refractivity contribution in [1.82, 2.24) is 5.32 Å². The minimum atomic E-state index is -0.815. The van der Waals surface area contributed by atoms with E-state index in [1.54, 1.807) is 18.2 Å². The Hall–Kier alpha value is -3.79. The van der Waals surface area contributed by atoms with Crippen LogP contribution in [0.4, 0.5) is 11.4 Å². The smallest absolute Gasteiger partial charge is 0.338 e. The van der Waals surface area contributed by atoms with Gasteiger partial charge in [-0.1, -0.05) is 12.1 Å². The molecule has 0 bridgehead atoms. The number of esters is 1. The summed E-state index contributed by atoms with van der Waals surface area (Å²) >= 11 is 0. The lowest BCUT2D eigenvalue weighted by atomic mass is 10.1. The van der Waals surface area contributed by atoms with E-state index in [0.717, 1.165) is 19.2 Å². The van der Waals surface area contributed by atoms with Crippen molar-refractivity contribution in [1.29, 1.82) is 0 Å². The van der Waals surface area contributed by atoms with Gasteiger partial charge in [0.05, 0.1) is 28.8 Å². The number of hydrogen-bond donors (Lipinski definition) is 2. The molecule has 0 unspecified atom stereocenters. The number of nitrogens with zero attached hydrogens (tertiary/aromatic N) is 1. The summed E-state index contributed by atoms with van der Waals surface area (Å²) in [5, 5.41) is 16.5. The van der Waals surface area contributed by atoms with Gasteiger partial charge in [-0.05, 0) is 31.5 Å². The number of rotatable bonds is 10. The number of carbonyl (C=O) groups excluding carboxylic acids is 3. The summed E-state index contributed by atoms with van der Waals surface area (Å²) in [5.74, 6) is -1.92. The Morgan fingerprint density at radius 2 is 1.77 bits per heavy atom. The molecule has 0 aliphatic rings. The highest BCUT2D eigenvalue weighted by Crippen LogP contribution is 2.21. The van der Waals surface area contributed by atoms with Gasteiger partial charge in [0.1, 0.15) is 0 Å². The van der Waals surface area contributed by atoms with Crippen molar-refractivity contribution in [3.05, 3.63) is 69.3 Å². The first-order valence-electron chi connectivity index (χ1n) is 9.51. The zero-order chi connectivity index (χ0) is 22.8. The maximum atomic E-state index is 12.7. The van der Waals surface area contributed by atoms with Crippen LogP contribution in [-0.4, -0.2) is 49.6 Å². The molecule has 0 radical (unpaired) electrons. The zero-order valence-corrected chi connectivity index (χ0v) is 17.2. The molecule has 0 spiro atoms. The Morgan fingerprint density at radius 1 is 1.06 bits per heavy atom. The maximum absolute atomic E-state index is 12.7. The molecular weight excluding hydrogens is 406 g/mol. The maximum Gasteiger partial charge on any atom is 0.338 e. The van der Waals surface area contributed by atoms with Gasteiger partial charge in [0.25, 0.3) is 17.5 Å². The van der Waals surface area contributed by atoms with Crippen LogP contribution >= 0.6 is 0 Å². The standard InChI is InChI=1S/C21H23N3O7/c1-3-31-10-6-9-22-20(26)17-7-4-5-8-18(17)23-19(25)14-11-15(21(27)30-2)13-16(12-14)24(28)29/h4-5,7-8,11-13H,3,6,9-10H2,1-2H3,(H,22,26)(H,23,25). The zero-order valence-electron chi connectivity index (χ0n) is 17.2.